The van der Waals surface area contributed by atoms with Crippen LogP contribution < -0.4 is 0 Å². The van der Waals surface area contributed by atoms with Crippen molar-refractivity contribution in [2.24, 2.45) is 5.92 Å². The summed E-state index contributed by atoms with van der Waals surface area (Å²) in [6.45, 7) is 2.33. The van der Waals surface area contributed by atoms with Crippen LogP contribution in [-0.4, -0.2) is 0 Å². The molecule has 0 bridgehead atoms. The number of hydrogen-bond donors (Lipinski definition) is 0. The fourth-order valence-electron chi connectivity index (χ4n) is 1.77. The highest BCUT2D eigenvalue weighted by atomic mass is 14.1. The molecule has 0 aliphatic heterocycles. The first-order valence-electron chi connectivity index (χ1n) is 4.43. The predicted molar refractivity (Wildman–Crippen MR) is 48.2 cm³/mol. The summed E-state index contributed by atoms with van der Waals surface area (Å²) in [7, 11) is 0. The molecule has 0 saturated heterocycles. The molecule has 0 heteroatoms. The zero-order valence-electron chi connectivity index (χ0n) is 6.53. The Morgan fingerprint density at radius 1 is 1.00 bits per heavy atom. The maximum absolute atomic E-state index is 2.33. The van der Waals surface area contributed by atoms with Crippen molar-refractivity contribution in [3.63, 3.8) is 0 Å². The molecule has 0 aromatic carbocycles. The van der Waals surface area contributed by atoms with Gasteiger partial charge in [-0.15, -0.1) is 0 Å². The molecule has 1 rings (SSSR count). The quantitative estimate of drug-likeness (QED) is 0.485. The Balaban J connectivity index is 0.000000810. The highest BCUT2D eigenvalue weighted by Gasteiger charge is 2.08. The second kappa shape index (κ2) is 5.76. The molecule has 0 aromatic rings. The third-order valence-corrected chi connectivity index (χ3v) is 2.55. The van der Waals surface area contributed by atoms with Crippen LogP contribution in [-0.2, 0) is 0 Å². The van der Waals surface area contributed by atoms with E-state index in [0.29, 0.717) is 0 Å². The molecule has 1 saturated carbocycles. The summed E-state index contributed by atoms with van der Waals surface area (Å²) < 4.78 is 0. The van der Waals surface area contributed by atoms with Crippen LogP contribution in [0.2, 0.25) is 0 Å². The van der Waals surface area contributed by atoms with Gasteiger partial charge in [-0.3, -0.25) is 0 Å². The Bertz CT molecular complexity index is 58.4. The minimum atomic E-state index is 0. The van der Waals surface area contributed by atoms with E-state index in [1.165, 1.54) is 44.9 Å². The van der Waals surface area contributed by atoms with Gasteiger partial charge in [-0.2, -0.15) is 0 Å². The van der Waals surface area contributed by atoms with Crippen LogP contribution in [0, 0.1) is 5.92 Å². The van der Waals surface area contributed by atoms with Crippen LogP contribution in [0.25, 0.3) is 0 Å². The smallest absolute Gasteiger partial charge is 0.0417 e. The van der Waals surface area contributed by atoms with E-state index in [1.807, 2.05) is 0 Å². The van der Waals surface area contributed by atoms with E-state index in [2.05, 4.69) is 6.92 Å². The van der Waals surface area contributed by atoms with E-state index < -0.39 is 0 Å². The summed E-state index contributed by atoms with van der Waals surface area (Å²) in [4.78, 5) is 0. The maximum Gasteiger partial charge on any atom is -0.0417 e. The molecule has 1 fully saturated rings. The highest BCUT2D eigenvalue weighted by molar-refractivity contribution is 4.62. The van der Waals surface area contributed by atoms with E-state index in [4.69, 9.17) is 0 Å². The second-order valence-corrected chi connectivity index (χ2v) is 3.27. The molecule has 0 N–H and O–H groups in total. The van der Waals surface area contributed by atoms with E-state index >= 15 is 0 Å². The van der Waals surface area contributed by atoms with E-state index in [-0.39, 0.29) is 7.43 Å². The number of hydrogen-bond acceptors (Lipinski definition) is 0. The normalized spacial score (nSPS) is 21.3. The van der Waals surface area contributed by atoms with E-state index in [1.54, 1.807) is 0 Å². The molecular weight excluding hydrogens is 120 g/mol. The third kappa shape index (κ3) is 3.24. The van der Waals surface area contributed by atoms with Gasteiger partial charge < -0.3 is 0 Å². The standard InChI is InChI=1S/C9H18.CH4/c1-2-9-7-5-3-4-6-8-9;/h9H,2-8H2,1H3;1H4. The average Bonchev–Trinajstić information content (AvgIpc) is 2.13. The maximum atomic E-state index is 2.33. The third-order valence-electron chi connectivity index (χ3n) is 2.55. The lowest BCUT2D eigenvalue weighted by molar-refractivity contribution is 0.446. The van der Waals surface area contributed by atoms with Gasteiger partial charge in [0.25, 0.3) is 0 Å². The van der Waals surface area contributed by atoms with Crippen molar-refractivity contribution in [3.05, 3.63) is 0 Å². The summed E-state index contributed by atoms with van der Waals surface area (Å²) in [6.07, 6.45) is 10.4. The van der Waals surface area contributed by atoms with Crippen molar-refractivity contribution in [2.75, 3.05) is 0 Å². The van der Waals surface area contributed by atoms with Crippen molar-refractivity contribution in [2.45, 2.75) is 59.3 Å². The van der Waals surface area contributed by atoms with Crippen molar-refractivity contribution in [1.29, 1.82) is 0 Å². The van der Waals surface area contributed by atoms with Crippen LogP contribution in [0.3, 0.4) is 0 Å². The summed E-state index contributed by atoms with van der Waals surface area (Å²) >= 11 is 0. The van der Waals surface area contributed by atoms with Gasteiger partial charge in [0.15, 0.2) is 0 Å². The van der Waals surface area contributed by atoms with Crippen LogP contribution >= 0.6 is 0 Å². The first-order valence-corrected chi connectivity index (χ1v) is 4.43. The molecule has 0 unspecified atom stereocenters. The van der Waals surface area contributed by atoms with Gasteiger partial charge in [-0.1, -0.05) is 59.3 Å². The van der Waals surface area contributed by atoms with Crippen LogP contribution in [0.4, 0.5) is 0 Å². The van der Waals surface area contributed by atoms with Crippen molar-refractivity contribution < 1.29 is 0 Å². The fraction of sp³-hybridized carbons (Fsp3) is 1.00. The van der Waals surface area contributed by atoms with Crippen molar-refractivity contribution >= 4 is 0 Å². The Morgan fingerprint density at radius 3 is 1.90 bits per heavy atom. The lowest BCUT2D eigenvalue weighted by atomic mass is 9.98. The fourth-order valence-corrected chi connectivity index (χ4v) is 1.77. The van der Waals surface area contributed by atoms with Gasteiger partial charge >= 0.3 is 0 Å². The van der Waals surface area contributed by atoms with Crippen LogP contribution in [0.5, 0.6) is 0 Å². The van der Waals surface area contributed by atoms with E-state index in [9.17, 15) is 0 Å². The molecule has 0 aromatic heterocycles. The minimum absolute atomic E-state index is 0. The van der Waals surface area contributed by atoms with Gasteiger partial charge in [-0.25, -0.2) is 0 Å². The van der Waals surface area contributed by atoms with Gasteiger partial charge in [0.05, 0.1) is 0 Å². The molecule has 10 heavy (non-hydrogen) atoms. The summed E-state index contributed by atoms with van der Waals surface area (Å²) in [5.74, 6) is 1.08. The summed E-state index contributed by atoms with van der Waals surface area (Å²) in [5.41, 5.74) is 0. The average molecular weight is 142 g/mol. The van der Waals surface area contributed by atoms with Gasteiger partial charge in [-0.05, 0) is 5.92 Å². The predicted octanol–water partition coefficient (Wildman–Crippen LogP) is 4.00. The molecule has 0 spiro atoms. The number of rotatable bonds is 1. The van der Waals surface area contributed by atoms with Crippen molar-refractivity contribution in [3.8, 4) is 0 Å². The monoisotopic (exact) mass is 142 g/mol. The Morgan fingerprint density at radius 2 is 1.50 bits per heavy atom. The molecule has 0 nitrogen and oxygen atoms in total. The molecule has 1 aliphatic rings. The minimum Gasteiger partial charge on any atom is -0.0776 e. The SMILES string of the molecule is C.CCC1CCCCCC1. The van der Waals surface area contributed by atoms with Gasteiger partial charge in [0.2, 0.25) is 0 Å². The van der Waals surface area contributed by atoms with Crippen LogP contribution in [0.15, 0.2) is 0 Å². The molecular formula is C10H22. The van der Waals surface area contributed by atoms with Gasteiger partial charge in [0, 0.05) is 0 Å². The summed E-state index contributed by atoms with van der Waals surface area (Å²) in [5, 5.41) is 0. The van der Waals surface area contributed by atoms with E-state index in [0.717, 1.165) is 5.92 Å². The zero-order valence-corrected chi connectivity index (χ0v) is 6.53. The first kappa shape index (κ1) is 10.0. The molecule has 1 aliphatic carbocycles. The molecule has 62 valence electrons. The zero-order chi connectivity index (χ0) is 6.53. The highest BCUT2D eigenvalue weighted by Crippen LogP contribution is 2.24. The Kier molecular flexibility index (Phi) is 5.76. The van der Waals surface area contributed by atoms with Crippen LogP contribution in [0.1, 0.15) is 59.3 Å². The molecule has 0 heterocycles. The molecule has 0 radical (unpaired) electrons. The molecule has 0 atom stereocenters. The Labute approximate surface area is 66.0 Å². The van der Waals surface area contributed by atoms with Crippen molar-refractivity contribution in [1.82, 2.24) is 0 Å². The summed E-state index contributed by atoms with van der Waals surface area (Å²) in [6, 6.07) is 0. The lowest BCUT2D eigenvalue weighted by Crippen LogP contribution is -1.94. The Hall–Kier alpha value is 0. The second-order valence-electron chi connectivity index (χ2n) is 3.27. The molecule has 0 amide bonds. The lowest BCUT2D eigenvalue weighted by Gasteiger charge is -2.08. The first-order chi connectivity index (χ1) is 4.43. The topological polar surface area (TPSA) is 0 Å². The largest absolute Gasteiger partial charge is 0.0776 e. The van der Waals surface area contributed by atoms with Gasteiger partial charge in [0.1, 0.15) is 0 Å².